The molecular formula is C23H28ClN3O3. The predicted molar refractivity (Wildman–Crippen MR) is 119 cm³/mol. The van der Waals surface area contributed by atoms with Gasteiger partial charge in [-0.1, -0.05) is 23.7 Å². The van der Waals surface area contributed by atoms with Crippen molar-refractivity contribution < 1.29 is 14.3 Å². The molecule has 2 aliphatic heterocycles. The molecule has 0 aromatic heterocycles. The number of anilines is 1. The van der Waals surface area contributed by atoms with Gasteiger partial charge in [0.15, 0.2) is 11.5 Å². The van der Waals surface area contributed by atoms with Crippen LogP contribution in [0.1, 0.15) is 16.7 Å². The van der Waals surface area contributed by atoms with Gasteiger partial charge in [0.2, 0.25) is 0 Å². The summed E-state index contributed by atoms with van der Waals surface area (Å²) in [4.78, 5) is 16.8. The summed E-state index contributed by atoms with van der Waals surface area (Å²) < 4.78 is 11.2. The van der Waals surface area contributed by atoms with Gasteiger partial charge in [0.05, 0.1) is 5.02 Å². The number of piperazine rings is 1. The van der Waals surface area contributed by atoms with Gasteiger partial charge in [-0.3, -0.25) is 0 Å². The lowest BCUT2D eigenvalue weighted by Gasteiger charge is -2.37. The Morgan fingerprint density at radius 1 is 1.10 bits per heavy atom. The number of hydrogen-bond donors (Lipinski definition) is 1. The highest BCUT2D eigenvalue weighted by Gasteiger charge is 2.22. The Labute approximate surface area is 182 Å². The number of aryl methyl sites for hydroxylation is 1. The lowest BCUT2D eigenvalue weighted by molar-refractivity contribution is 0.171. The topological polar surface area (TPSA) is 54.0 Å². The van der Waals surface area contributed by atoms with Crippen molar-refractivity contribution in [3.8, 4) is 11.5 Å². The lowest BCUT2D eigenvalue weighted by Crippen LogP contribution is -2.52. The molecule has 2 amide bonds. The Balaban J connectivity index is 1.27. The van der Waals surface area contributed by atoms with E-state index in [9.17, 15) is 4.79 Å². The number of nitrogens with zero attached hydrogens (tertiary/aromatic N) is 2. The number of benzene rings is 2. The first-order valence-electron chi connectivity index (χ1n) is 10.4. The zero-order chi connectivity index (χ0) is 21.1. The van der Waals surface area contributed by atoms with Gasteiger partial charge in [0, 0.05) is 38.4 Å². The first kappa shape index (κ1) is 20.7. The number of hydrogen-bond acceptors (Lipinski definition) is 4. The Bertz CT molecular complexity index is 926. The first-order chi connectivity index (χ1) is 14.5. The maximum atomic E-state index is 12.6. The van der Waals surface area contributed by atoms with Gasteiger partial charge in [-0.15, -0.1) is 0 Å². The summed E-state index contributed by atoms with van der Waals surface area (Å²) in [6.45, 7) is 9.00. The van der Waals surface area contributed by atoms with Crippen LogP contribution in [0.15, 0.2) is 30.3 Å². The third-order valence-corrected chi connectivity index (χ3v) is 6.11. The molecule has 4 rings (SSSR count). The summed E-state index contributed by atoms with van der Waals surface area (Å²) >= 11 is 6.29. The van der Waals surface area contributed by atoms with E-state index in [1.807, 2.05) is 17.0 Å². The molecule has 30 heavy (non-hydrogen) atoms. The van der Waals surface area contributed by atoms with Crippen LogP contribution in [0.3, 0.4) is 0 Å². The standard InChI is InChI=1S/C23H28ClN3O3/c1-16-4-3-5-20(17(16)2)26-8-10-27(11-9-26)23(28)25-7-6-18-14-19(24)22-21(15-18)29-12-13-30-22/h3-5,14-15H,6-13H2,1-2H3,(H,25,28). The van der Waals surface area contributed by atoms with E-state index < -0.39 is 0 Å². The quantitative estimate of drug-likeness (QED) is 0.803. The molecule has 160 valence electrons. The zero-order valence-corrected chi connectivity index (χ0v) is 18.3. The van der Waals surface area contributed by atoms with Crippen LogP contribution in [0.25, 0.3) is 0 Å². The molecule has 2 aliphatic rings. The summed E-state index contributed by atoms with van der Waals surface area (Å²) in [6.07, 6.45) is 0.685. The molecule has 2 heterocycles. The maximum Gasteiger partial charge on any atom is 0.317 e. The molecule has 0 bridgehead atoms. The highest BCUT2D eigenvalue weighted by atomic mass is 35.5. The van der Waals surface area contributed by atoms with E-state index in [2.05, 4.69) is 42.3 Å². The summed E-state index contributed by atoms with van der Waals surface area (Å²) in [5, 5.41) is 3.58. The summed E-state index contributed by atoms with van der Waals surface area (Å²) in [6, 6.07) is 10.2. The van der Waals surface area contributed by atoms with Gasteiger partial charge in [-0.25, -0.2) is 4.79 Å². The molecule has 0 unspecified atom stereocenters. The Morgan fingerprint density at radius 3 is 2.67 bits per heavy atom. The minimum atomic E-state index is -0.0146. The van der Waals surface area contributed by atoms with E-state index >= 15 is 0 Å². The highest BCUT2D eigenvalue weighted by Crippen LogP contribution is 2.38. The minimum Gasteiger partial charge on any atom is -0.486 e. The summed E-state index contributed by atoms with van der Waals surface area (Å²) in [7, 11) is 0. The molecule has 7 heteroatoms. The fourth-order valence-corrected chi connectivity index (χ4v) is 4.25. The van der Waals surface area contributed by atoms with E-state index in [-0.39, 0.29) is 6.03 Å². The average molecular weight is 430 g/mol. The van der Waals surface area contributed by atoms with Crippen LogP contribution in [0.5, 0.6) is 11.5 Å². The third-order valence-electron chi connectivity index (χ3n) is 5.83. The van der Waals surface area contributed by atoms with E-state index in [0.29, 0.717) is 42.7 Å². The monoisotopic (exact) mass is 429 g/mol. The van der Waals surface area contributed by atoms with Crippen molar-refractivity contribution in [3.63, 3.8) is 0 Å². The number of carbonyl (C=O) groups is 1. The second kappa shape index (κ2) is 9.04. The molecule has 0 radical (unpaired) electrons. The molecule has 0 spiro atoms. The van der Waals surface area contributed by atoms with Crippen molar-refractivity contribution in [3.05, 3.63) is 52.0 Å². The van der Waals surface area contributed by atoms with Crippen molar-refractivity contribution in [1.29, 1.82) is 0 Å². The zero-order valence-electron chi connectivity index (χ0n) is 17.5. The number of carbonyl (C=O) groups excluding carboxylic acids is 1. The molecule has 2 aromatic rings. The van der Waals surface area contributed by atoms with E-state index in [0.717, 1.165) is 31.7 Å². The smallest absolute Gasteiger partial charge is 0.317 e. The van der Waals surface area contributed by atoms with Crippen molar-refractivity contribution >= 4 is 23.3 Å². The number of fused-ring (bicyclic) bond motifs is 1. The molecule has 0 atom stereocenters. The van der Waals surface area contributed by atoms with Gasteiger partial charge < -0.3 is 24.6 Å². The highest BCUT2D eigenvalue weighted by molar-refractivity contribution is 6.32. The van der Waals surface area contributed by atoms with Crippen molar-refractivity contribution in [2.75, 3.05) is 50.8 Å². The van der Waals surface area contributed by atoms with Gasteiger partial charge in [0.25, 0.3) is 0 Å². The number of rotatable bonds is 4. The lowest BCUT2D eigenvalue weighted by atomic mass is 10.1. The molecule has 1 saturated heterocycles. The predicted octanol–water partition coefficient (Wildman–Crippen LogP) is 3.80. The third kappa shape index (κ3) is 4.43. The number of amides is 2. The van der Waals surface area contributed by atoms with Gasteiger partial charge in [-0.2, -0.15) is 0 Å². The van der Waals surface area contributed by atoms with Gasteiger partial charge in [-0.05, 0) is 55.2 Å². The van der Waals surface area contributed by atoms with Gasteiger partial charge in [0.1, 0.15) is 13.2 Å². The van der Waals surface area contributed by atoms with Crippen LogP contribution in [0.2, 0.25) is 5.02 Å². The molecule has 2 aromatic carbocycles. The Morgan fingerprint density at radius 2 is 1.87 bits per heavy atom. The average Bonchev–Trinajstić information content (AvgIpc) is 2.76. The second-order valence-electron chi connectivity index (χ2n) is 7.78. The van der Waals surface area contributed by atoms with Crippen LogP contribution >= 0.6 is 11.6 Å². The summed E-state index contributed by atoms with van der Waals surface area (Å²) in [5.41, 5.74) is 4.90. The van der Waals surface area contributed by atoms with Crippen molar-refractivity contribution in [2.24, 2.45) is 0 Å². The molecule has 0 aliphatic carbocycles. The SMILES string of the molecule is Cc1cccc(N2CCN(C(=O)NCCc3cc(Cl)c4c(c3)OCCO4)CC2)c1C. The molecule has 0 saturated carbocycles. The Kier molecular flexibility index (Phi) is 6.23. The molecule has 1 fully saturated rings. The van der Waals surface area contributed by atoms with E-state index in [1.54, 1.807) is 0 Å². The molecule has 1 N–H and O–H groups in total. The van der Waals surface area contributed by atoms with E-state index in [4.69, 9.17) is 21.1 Å². The maximum absolute atomic E-state index is 12.6. The number of urea groups is 1. The normalized spacial score (nSPS) is 15.8. The van der Waals surface area contributed by atoms with Crippen LogP contribution in [-0.4, -0.2) is 56.9 Å². The molecule has 6 nitrogen and oxygen atoms in total. The van der Waals surface area contributed by atoms with E-state index in [1.165, 1.54) is 16.8 Å². The Hall–Kier alpha value is -2.60. The van der Waals surface area contributed by atoms with Crippen LogP contribution in [0.4, 0.5) is 10.5 Å². The largest absolute Gasteiger partial charge is 0.486 e. The van der Waals surface area contributed by atoms with Crippen LogP contribution < -0.4 is 19.7 Å². The van der Waals surface area contributed by atoms with Gasteiger partial charge >= 0.3 is 6.03 Å². The fourth-order valence-electron chi connectivity index (χ4n) is 3.96. The second-order valence-corrected chi connectivity index (χ2v) is 8.18. The molecular weight excluding hydrogens is 402 g/mol. The number of nitrogens with one attached hydrogen (secondary N) is 1. The summed E-state index contributed by atoms with van der Waals surface area (Å²) in [5.74, 6) is 1.29. The number of ether oxygens (including phenoxy) is 2. The minimum absolute atomic E-state index is 0.0146. The first-order valence-corrected chi connectivity index (χ1v) is 10.8. The van der Waals surface area contributed by atoms with Crippen LogP contribution in [0, 0.1) is 13.8 Å². The fraction of sp³-hybridized carbons (Fsp3) is 0.435. The van der Waals surface area contributed by atoms with Crippen LogP contribution in [-0.2, 0) is 6.42 Å². The number of halogens is 1. The van der Waals surface area contributed by atoms with Crippen molar-refractivity contribution in [1.82, 2.24) is 10.2 Å². The van der Waals surface area contributed by atoms with Crippen molar-refractivity contribution in [2.45, 2.75) is 20.3 Å².